The van der Waals surface area contributed by atoms with E-state index < -0.39 is 5.97 Å². The van der Waals surface area contributed by atoms with Crippen molar-refractivity contribution in [1.82, 2.24) is 10.2 Å². The Balaban J connectivity index is 0.000000921. The van der Waals surface area contributed by atoms with Gasteiger partial charge in [-0.15, -0.1) is 0 Å². The van der Waals surface area contributed by atoms with E-state index in [1.54, 1.807) is 11.9 Å². The van der Waals surface area contributed by atoms with Crippen molar-refractivity contribution >= 4 is 12.0 Å². The summed E-state index contributed by atoms with van der Waals surface area (Å²) in [6.45, 7) is 5.08. The molecule has 5 heteroatoms. The van der Waals surface area contributed by atoms with Gasteiger partial charge in [0.15, 0.2) is 0 Å². The summed E-state index contributed by atoms with van der Waals surface area (Å²) in [6.07, 6.45) is 1.12. The van der Waals surface area contributed by atoms with E-state index in [9.17, 15) is 9.59 Å². The third kappa shape index (κ3) is 4.18. The summed E-state index contributed by atoms with van der Waals surface area (Å²) < 4.78 is 0. The van der Waals surface area contributed by atoms with Crippen LogP contribution in [0.4, 0.5) is 4.79 Å². The maximum atomic E-state index is 11.1. The standard InChI is InChI=1S/C8H14N2O3.C2H6/c1-9-8(13)10-4-2-6(3-5-10)7(11)12;1-2/h6H,2-5H2,1H3,(H,9,13)(H,11,12);1-2H3. The quantitative estimate of drug-likeness (QED) is 0.690. The smallest absolute Gasteiger partial charge is 0.317 e. The van der Waals surface area contributed by atoms with Crippen molar-refractivity contribution < 1.29 is 14.7 Å². The van der Waals surface area contributed by atoms with E-state index in [1.165, 1.54) is 0 Å². The second-order valence-electron chi connectivity index (χ2n) is 3.15. The van der Waals surface area contributed by atoms with Crippen LogP contribution >= 0.6 is 0 Å². The number of hydrogen-bond donors (Lipinski definition) is 2. The summed E-state index contributed by atoms with van der Waals surface area (Å²) in [4.78, 5) is 23.3. The number of carbonyl (C=O) groups is 2. The molecule has 1 heterocycles. The maximum absolute atomic E-state index is 11.1. The van der Waals surface area contributed by atoms with Gasteiger partial charge in [0.1, 0.15) is 0 Å². The molecule has 0 spiro atoms. The molecule has 0 bridgehead atoms. The number of carboxylic acid groups (broad SMARTS) is 1. The molecule has 1 rings (SSSR count). The van der Waals surface area contributed by atoms with Gasteiger partial charge in [0.2, 0.25) is 0 Å². The molecule has 0 atom stereocenters. The number of rotatable bonds is 1. The van der Waals surface area contributed by atoms with Crippen molar-refractivity contribution in [2.45, 2.75) is 26.7 Å². The van der Waals surface area contributed by atoms with Crippen LogP contribution in [0.5, 0.6) is 0 Å². The van der Waals surface area contributed by atoms with Crippen molar-refractivity contribution in [2.24, 2.45) is 5.92 Å². The molecular weight excluding hydrogens is 196 g/mol. The van der Waals surface area contributed by atoms with Crippen molar-refractivity contribution in [2.75, 3.05) is 20.1 Å². The minimum absolute atomic E-state index is 0.121. The van der Waals surface area contributed by atoms with Gasteiger partial charge < -0.3 is 15.3 Å². The highest BCUT2D eigenvalue weighted by molar-refractivity contribution is 5.75. The highest BCUT2D eigenvalue weighted by atomic mass is 16.4. The highest BCUT2D eigenvalue weighted by Crippen LogP contribution is 2.16. The second-order valence-corrected chi connectivity index (χ2v) is 3.15. The Morgan fingerprint density at radius 3 is 2.07 bits per heavy atom. The van der Waals surface area contributed by atoms with E-state index in [0.29, 0.717) is 25.9 Å². The fourth-order valence-electron chi connectivity index (χ4n) is 1.49. The SMILES string of the molecule is CC.CNC(=O)N1CCC(C(=O)O)CC1. The molecule has 0 radical (unpaired) electrons. The van der Waals surface area contributed by atoms with E-state index in [-0.39, 0.29) is 11.9 Å². The van der Waals surface area contributed by atoms with Gasteiger partial charge in [-0.25, -0.2) is 4.79 Å². The number of carbonyl (C=O) groups excluding carboxylic acids is 1. The zero-order valence-electron chi connectivity index (χ0n) is 9.62. The van der Waals surface area contributed by atoms with Crippen LogP contribution in [0.25, 0.3) is 0 Å². The third-order valence-electron chi connectivity index (χ3n) is 2.35. The lowest BCUT2D eigenvalue weighted by molar-refractivity contribution is -0.143. The first kappa shape index (κ1) is 13.7. The summed E-state index contributed by atoms with van der Waals surface area (Å²) in [5.74, 6) is -1.03. The first-order valence-corrected chi connectivity index (χ1v) is 5.34. The number of nitrogens with zero attached hydrogens (tertiary/aromatic N) is 1. The van der Waals surface area contributed by atoms with Crippen LogP contribution in [0.15, 0.2) is 0 Å². The van der Waals surface area contributed by atoms with Gasteiger partial charge in [0, 0.05) is 20.1 Å². The second kappa shape index (κ2) is 7.09. The lowest BCUT2D eigenvalue weighted by Gasteiger charge is -2.29. The van der Waals surface area contributed by atoms with E-state index in [4.69, 9.17) is 5.11 Å². The topological polar surface area (TPSA) is 69.6 Å². The molecule has 2 amide bonds. The Labute approximate surface area is 90.5 Å². The van der Waals surface area contributed by atoms with Crippen LogP contribution in [-0.4, -0.2) is 42.1 Å². The van der Waals surface area contributed by atoms with Crippen LogP contribution in [0.2, 0.25) is 0 Å². The Hall–Kier alpha value is -1.26. The molecule has 2 N–H and O–H groups in total. The molecule has 0 aromatic rings. The normalized spacial score (nSPS) is 16.3. The summed E-state index contributed by atoms with van der Waals surface area (Å²) in [5, 5.41) is 11.2. The van der Waals surface area contributed by atoms with E-state index >= 15 is 0 Å². The minimum Gasteiger partial charge on any atom is -0.481 e. The molecular formula is C10H20N2O3. The number of hydrogen-bond acceptors (Lipinski definition) is 2. The van der Waals surface area contributed by atoms with Crippen molar-refractivity contribution in [3.63, 3.8) is 0 Å². The Kier molecular flexibility index (Phi) is 6.49. The minimum atomic E-state index is -0.753. The van der Waals surface area contributed by atoms with Gasteiger partial charge in [-0.2, -0.15) is 0 Å². The van der Waals surface area contributed by atoms with Gasteiger partial charge in [-0.1, -0.05) is 13.8 Å². The molecule has 0 saturated carbocycles. The fraction of sp³-hybridized carbons (Fsp3) is 0.800. The summed E-state index contributed by atoms with van der Waals surface area (Å²) in [7, 11) is 1.58. The molecule has 0 aliphatic carbocycles. The Morgan fingerprint density at radius 1 is 1.27 bits per heavy atom. The van der Waals surface area contributed by atoms with Gasteiger partial charge in [-0.05, 0) is 12.8 Å². The number of piperidine rings is 1. The predicted octanol–water partition coefficient (Wildman–Crippen LogP) is 1.15. The molecule has 15 heavy (non-hydrogen) atoms. The molecule has 88 valence electrons. The van der Waals surface area contributed by atoms with Crippen LogP contribution in [0.1, 0.15) is 26.7 Å². The largest absolute Gasteiger partial charge is 0.481 e. The number of nitrogens with one attached hydrogen (secondary N) is 1. The lowest BCUT2D eigenvalue weighted by Crippen LogP contribution is -2.44. The molecule has 1 aliphatic rings. The Bertz CT molecular complexity index is 211. The number of likely N-dealkylation sites (tertiary alicyclic amines) is 1. The van der Waals surface area contributed by atoms with Crippen LogP contribution in [0.3, 0.4) is 0 Å². The molecule has 1 fully saturated rings. The number of urea groups is 1. The lowest BCUT2D eigenvalue weighted by atomic mass is 9.97. The third-order valence-corrected chi connectivity index (χ3v) is 2.35. The van der Waals surface area contributed by atoms with E-state index in [1.807, 2.05) is 13.8 Å². The van der Waals surface area contributed by atoms with Crippen LogP contribution in [0, 0.1) is 5.92 Å². The average molecular weight is 216 g/mol. The monoisotopic (exact) mass is 216 g/mol. The van der Waals surface area contributed by atoms with Gasteiger partial charge >= 0.3 is 12.0 Å². The highest BCUT2D eigenvalue weighted by Gasteiger charge is 2.26. The van der Waals surface area contributed by atoms with Gasteiger partial charge in [-0.3, -0.25) is 4.79 Å². The average Bonchev–Trinajstić information content (AvgIpc) is 2.31. The number of amides is 2. The molecule has 1 aliphatic heterocycles. The van der Waals surface area contributed by atoms with Gasteiger partial charge in [0.05, 0.1) is 5.92 Å². The summed E-state index contributed by atoms with van der Waals surface area (Å²) in [6, 6.07) is -0.121. The van der Waals surface area contributed by atoms with Crippen molar-refractivity contribution in [1.29, 1.82) is 0 Å². The van der Waals surface area contributed by atoms with E-state index in [2.05, 4.69) is 5.32 Å². The number of aliphatic carboxylic acids is 1. The molecule has 1 saturated heterocycles. The number of carboxylic acids is 1. The van der Waals surface area contributed by atoms with Gasteiger partial charge in [0.25, 0.3) is 0 Å². The van der Waals surface area contributed by atoms with Crippen molar-refractivity contribution in [3.8, 4) is 0 Å². The van der Waals surface area contributed by atoms with Crippen LogP contribution < -0.4 is 5.32 Å². The Morgan fingerprint density at radius 2 is 1.73 bits per heavy atom. The molecule has 0 unspecified atom stereocenters. The molecule has 5 nitrogen and oxygen atoms in total. The van der Waals surface area contributed by atoms with Crippen molar-refractivity contribution in [3.05, 3.63) is 0 Å². The first-order valence-electron chi connectivity index (χ1n) is 5.34. The zero-order valence-corrected chi connectivity index (χ0v) is 9.62. The zero-order chi connectivity index (χ0) is 11.8. The molecule has 0 aromatic carbocycles. The summed E-state index contributed by atoms with van der Waals surface area (Å²) in [5.41, 5.74) is 0. The fourth-order valence-corrected chi connectivity index (χ4v) is 1.49. The maximum Gasteiger partial charge on any atom is 0.317 e. The molecule has 0 aromatic heterocycles. The predicted molar refractivity (Wildman–Crippen MR) is 57.7 cm³/mol. The van der Waals surface area contributed by atoms with E-state index in [0.717, 1.165) is 0 Å². The first-order chi connectivity index (χ1) is 7.15. The van der Waals surface area contributed by atoms with Crippen LogP contribution in [-0.2, 0) is 4.79 Å². The summed E-state index contributed by atoms with van der Waals surface area (Å²) >= 11 is 0.